The van der Waals surface area contributed by atoms with Crippen LogP contribution in [0.25, 0.3) is 15.9 Å². The van der Waals surface area contributed by atoms with Crippen LogP contribution in [0.1, 0.15) is 34.4 Å². The van der Waals surface area contributed by atoms with Gasteiger partial charge >= 0.3 is 0 Å². The number of aryl methyl sites for hydroxylation is 4. The number of rotatable bonds is 5. The molecule has 0 unspecified atom stereocenters. The molecule has 0 bridgehead atoms. The Morgan fingerprint density at radius 3 is 2.81 bits per heavy atom. The molecule has 3 aromatic rings. The molecule has 2 heterocycles. The van der Waals surface area contributed by atoms with Gasteiger partial charge in [0.2, 0.25) is 0 Å². The lowest BCUT2D eigenvalue weighted by atomic mass is 9.97. The number of methoxy groups -OCH3 is 1. The van der Waals surface area contributed by atoms with Crippen LogP contribution in [0.3, 0.4) is 0 Å². The largest absolute Gasteiger partial charge is 0.384 e. The van der Waals surface area contributed by atoms with Crippen LogP contribution >= 0.6 is 23.1 Å². The molecule has 0 spiro atoms. The normalized spacial score (nSPS) is 13.9. The maximum Gasteiger partial charge on any atom is 0.267 e. The highest BCUT2D eigenvalue weighted by Crippen LogP contribution is 2.35. The topological polar surface area (TPSA) is 44.1 Å². The molecular weight excluding hydrogens is 376 g/mol. The first-order valence-electron chi connectivity index (χ1n) is 9.37. The molecule has 0 amide bonds. The van der Waals surface area contributed by atoms with E-state index in [1.807, 2.05) is 6.07 Å². The SMILES string of the molecule is COCCSc1nc2sc3c(c2c(=O)n1-c1ccc(C)c(C)c1)CCCC3. The van der Waals surface area contributed by atoms with Gasteiger partial charge in [-0.05, 0) is 68.4 Å². The Morgan fingerprint density at radius 1 is 1.22 bits per heavy atom. The van der Waals surface area contributed by atoms with Crippen molar-refractivity contribution < 1.29 is 4.74 Å². The Kier molecular flexibility index (Phi) is 5.39. The minimum absolute atomic E-state index is 0.0718. The lowest BCUT2D eigenvalue weighted by Gasteiger charge is -2.14. The third-order valence-electron chi connectivity index (χ3n) is 5.23. The lowest BCUT2D eigenvalue weighted by Crippen LogP contribution is -2.22. The third kappa shape index (κ3) is 3.46. The van der Waals surface area contributed by atoms with Gasteiger partial charge < -0.3 is 4.74 Å². The molecule has 1 aliphatic carbocycles. The van der Waals surface area contributed by atoms with Crippen molar-refractivity contribution in [3.63, 3.8) is 0 Å². The first-order chi connectivity index (χ1) is 13.1. The highest BCUT2D eigenvalue weighted by atomic mass is 32.2. The summed E-state index contributed by atoms with van der Waals surface area (Å²) in [7, 11) is 1.70. The summed E-state index contributed by atoms with van der Waals surface area (Å²) in [5.41, 5.74) is 4.61. The van der Waals surface area contributed by atoms with Gasteiger partial charge in [0.05, 0.1) is 17.7 Å². The quantitative estimate of drug-likeness (QED) is 0.354. The van der Waals surface area contributed by atoms with Crippen LogP contribution in [0.2, 0.25) is 0 Å². The van der Waals surface area contributed by atoms with Gasteiger partial charge in [0, 0.05) is 17.7 Å². The summed E-state index contributed by atoms with van der Waals surface area (Å²) >= 11 is 3.29. The first kappa shape index (κ1) is 18.7. The van der Waals surface area contributed by atoms with E-state index >= 15 is 0 Å². The number of hydrogen-bond donors (Lipinski definition) is 0. The van der Waals surface area contributed by atoms with Gasteiger partial charge in [-0.15, -0.1) is 11.3 Å². The second-order valence-electron chi connectivity index (χ2n) is 7.04. The molecule has 0 saturated carbocycles. The molecule has 4 nitrogen and oxygen atoms in total. The monoisotopic (exact) mass is 400 g/mol. The molecule has 0 atom stereocenters. The summed E-state index contributed by atoms with van der Waals surface area (Å²) in [6.45, 7) is 4.80. The van der Waals surface area contributed by atoms with Gasteiger partial charge in [0.15, 0.2) is 5.16 Å². The summed E-state index contributed by atoms with van der Waals surface area (Å²) in [4.78, 5) is 20.8. The number of thioether (sulfide) groups is 1. The van der Waals surface area contributed by atoms with Gasteiger partial charge in [-0.1, -0.05) is 17.8 Å². The summed E-state index contributed by atoms with van der Waals surface area (Å²) < 4.78 is 7.00. The van der Waals surface area contributed by atoms with Crippen molar-refractivity contribution in [1.82, 2.24) is 9.55 Å². The molecule has 4 rings (SSSR count). The van der Waals surface area contributed by atoms with Gasteiger partial charge in [-0.25, -0.2) is 4.98 Å². The van der Waals surface area contributed by atoms with Gasteiger partial charge in [-0.3, -0.25) is 9.36 Å². The molecule has 27 heavy (non-hydrogen) atoms. The fraction of sp³-hybridized carbons (Fsp3) is 0.429. The highest BCUT2D eigenvalue weighted by Gasteiger charge is 2.23. The molecule has 2 aromatic heterocycles. The number of hydrogen-bond acceptors (Lipinski definition) is 5. The predicted octanol–water partition coefficient (Wildman–Crippen LogP) is 4.68. The summed E-state index contributed by atoms with van der Waals surface area (Å²) in [6.07, 6.45) is 4.44. The van der Waals surface area contributed by atoms with Crippen LogP contribution in [0.15, 0.2) is 28.2 Å². The van der Waals surface area contributed by atoms with Crippen LogP contribution in [0.4, 0.5) is 0 Å². The van der Waals surface area contributed by atoms with Crippen LogP contribution in [-0.4, -0.2) is 29.0 Å². The van der Waals surface area contributed by atoms with E-state index in [1.165, 1.54) is 28.0 Å². The zero-order chi connectivity index (χ0) is 19.0. The van der Waals surface area contributed by atoms with E-state index in [0.29, 0.717) is 6.61 Å². The molecular formula is C21H24N2O2S2. The number of aromatic nitrogens is 2. The zero-order valence-corrected chi connectivity index (χ0v) is 17.6. The van der Waals surface area contributed by atoms with E-state index in [0.717, 1.165) is 46.1 Å². The minimum Gasteiger partial charge on any atom is -0.384 e. The van der Waals surface area contributed by atoms with Crippen LogP contribution in [0, 0.1) is 13.8 Å². The first-order valence-corrected chi connectivity index (χ1v) is 11.2. The van der Waals surface area contributed by atoms with E-state index < -0.39 is 0 Å². The molecule has 0 radical (unpaired) electrons. The van der Waals surface area contributed by atoms with Gasteiger partial charge in [0.25, 0.3) is 5.56 Å². The second-order valence-corrected chi connectivity index (χ2v) is 9.18. The number of thiophene rings is 1. The summed E-state index contributed by atoms with van der Waals surface area (Å²) in [5, 5.41) is 1.59. The van der Waals surface area contributed by atoms with Crippen LogP contribution in [0.5, 0.6) is 0 Å². The maximum atomic E-state index is 13.6. The molecule has 0 fully saturated rings. The third-order valence-corrected chi connectivity index (χ3v) is 7.31. The summed E-state index contributed by atoms with van der Waals surface area (Å²) in [5.74, 6) is 0.768. The molecule has 0 saturated heterocycles. The standard InChI is InChI=1S/C21H24N2O2S2/c1-13-8-9-15(12-14(13)2)23-20(24)18-16-6-4-5-7-17(16)27-19(18)22-21(23)26-11-10-25-3/h8-9,12H,4-7,10-11H2,1-3H3. The van der Waals surface area contributed by atoms with Crippen molar-refractivity contribution in [3.05, 3.63) is 50.1 Å². The highest BCUT2D eigenvalue weighted by molar-refractivity contribution is 7.99. The minimum atomic E-state index is 0.0718. The van der Waals surface area contributed by atoms with Gasteiger partial charge in [-0.2, -0.15) is 0 Å². The number of nitrogens with zero attached hydrogens (tertiary/aromatic N) is 2. The number of ether oxygens (including phenoxy) is 1. The van der Waals surface area contributed by atoms with Crippen molar-refractivity contribution in [2.75, 3.05) is 19.5 Å². The average Bonchev–Trinajstić information content (AvgIpc) is 3.03. The van der Waals surface area contributed by atoms with E-state index in [9.17, 15) is 4.79 Å². The fourth-order valence-electron chi connectivity index (χ4n) is 3.59. The van der Waals surface area contributed by atoms with Crippen molar-refractivity contribution in [1.29, 1.82) is 0 Å². The van der Waals surface area contributed by atoms with Crippen LogP contribution in [-0.2, 0) is 17.6 Å². The van der Waals surface area contributed by atoms with Crippen molar-refractivity contribution in [2.24, 2.45) is 0 Å². The summed E-state index contributed by atoms with van der Waals surface area (Å²) in [6, 6.07) is 6.19. The molecule has 1 aromatic carbocycles. The molecule has 6 heteroatoms. The van der Waals surface area contributed by atoms with E-state index in [4.69, 9.17) is 9.72 Å². The Bertz CT molecular complexity index is 1050. The second kappa shape index (κ2) is 7.78. The molecule has 142 valence electrons. The van der Waals surface area contributed by atoms with Crippen molar-refractivity contribution in [3.8, 4) is 5.69 Å². The Morgan fingerprint density at radius 2 is 2.04 bits per heavy atom. The predicted molar refractivity (Wildman–Crippen MR) is 114 cm³/mol. The molecule has 1 aliphatic rings. The van der Waals surface area contributed by atoms with Gasteiger partial charge in [0.1, 0.15) is 4.83 Å². The Balaban J connectivity index is 1.95. The van der Waals surface area contributed by atoms with E-state index in [2.05, 4.69) is 26.0 Å². The maximum absolute atomic E-state index is 13.6. The Hall–Kier alpha value is -1.63. The average molecular weight is 401 g/mol. The van der Waals surface area contributed by atoms with Crippen molar-refractivity contribution in [2.45, 2.75) is 44.7 Å². The number of benzene rings is 1. The zero-order valence-electron chi connectivity index (χ0n) is 16.0. The van der Waals surface area contributed by atoms with E-state index in [-0.39, 0.29) is 5.56 Å². The number of fused-ring (bicyclic) bond motifs is 3. The lowest BCUT2D eigenvalue weighted by molar-refractivity contribution is 0.218. The van der Waals surface area contributed by atoms with Crippen LogP contribution < -0.4 is 5.56 Å². The Labute approximate surface area is 167 Å². The fourth-order valence-corrected chi connectivity index (χ4v) is 5.81. The smallest absolute Gasteiger partial charge is 0.267 e. The van der Waals surface area contributed by atoms with Crippen molar-refractivity contribution >= 4 is 33.3 Å². The van der Waals surface area contributed by atoms with E-state index in [1.54, 1.807) is 34.8 Å². The molecule has 0 aliphatic heterocycles. The molecule has 0 N–H and O–H groups in total.